The van der Waals surface area contributed by atoms with Crippen molar-refractivity contribution in [1.29, 1.82) is 0 Å². The number of pyridine rings is 1. The van der Waals surface area contributed by atoms with Gasteiger partial charge >= 0.3 is 0 Å². The van der Waals surface area contributed by atoms with E-state index in [9.17, 15) is 4.79 Å². The Hall–Kier alpha value is -2.47. The summed E-state index contributed by atoms with van der Waals surface area (Å²) in [6.45, 7) is 4.61. The average molecular weight is 470 g/mol. The van der Waals surface area contributed by atoms with Gasteiger partial charge in [0.15, 0.2) is 0 Å². The third-order valence-corrected chi connectivity index (χ3v) is 4.28. The summed E-state index contributed by atoms with van der Waals surface area (Å²) >= 11 is 0. The number of carbonyl (C=O) groups is 1. The minimum Gasteiger partial charge on any atom is -1.00 e. The second-order valence-corrected chi connectivity index (χ2v) is 5.99. The number of allylic oxidation sites excluding steroid dienone is 2. The Balaban J connectivity index is 0.00000261. The molecule has 27 heavy (non-hydrogen) atoms. The van der Waals surface area contributed by atoms with E-state index in [0.29, 0.717) is 0 Å². The standard InChI is InChI=1S/C23H23N2O.HI/c1-3-24-22(17-16-20-11-7-8-15-23(20)24)14-9-10-18-25(19(2)26)21-12-5-4-6-13-21;/h4-18H,3H2,1-2H3;1H/q+1;/p-1. The van der Waals surface area contributed by atoms with Gasteiger partial charge in [-0.1, -0.05) is 36.4 Å². The maximum Gasteiger partial charge on any atom is 0.227 e. The molecule has 0 aliphatic carbocycles. The monoisotopic (exact) mass is 470 g/mol. The number of nitrogens with zero attached hydrogens (tertiary/aromatic N) is 2. The Morgan fingerprint density at radius 2 is 1.67 bits per heavy atom. The van der Waals surface area contributed by atoms with Gasteiger partial charge in [0.25, 0.3) is 0 Å². The zero-order valence-corrected chi connectivity index (χ0v) is 17.7. The van der Waals surface area contributed by atoms with E-state index in [4.69, 9.17) is 0 Å². The number of benzene rings is 2. The highest BCUT2D eigenvalue weighted by Crippen LogP contribution is 2.14. The summed E-state index contributed by atoms with van der Waals surface area (Å²) in [6.07, 6.45) is 7.72. The lowest BCUT2D eigenvalue weighted by Crippen LogP contribution is -3.00. The van der Waals surface area contributed by atoms with Crippen molar-refractivity contribution in [3.05, 3.63) is 90.8 Å². The van der Waals surface area contributed by atoms with Crippen LogP contribution in [-0.2, 0) is 11.3 Å². The van der Waals surface area contributed by atoms with E-state index in [0.717, 1.165) is 17.9 Å². The first kappa shape index (κ1) is 20.8. The molecular formula is C23H23IN2O. The number of hydrogen-bond donors (Lipinski definition) is 0. The van der Waals surface area contributed by atoms with Gasteiger partial charge in [-0.05, 0) is 37.3 Å². The van der Waals surface area contributed by atoms with Crippen LogP contribution in [-0.4, -0.2) is 5.91 Å². The molecule has 0 aliphatic rings. The van der Waals surface area contributed by atoms with Crippen molar-refractivity contribution < 1.29 is 33.3 Å². The number of anilines is 1. The van der Waals surface area contributed by atoms with E-state index < -0.39 is 0 Å². The van der Waals surface area contributed by atoms with Crippen LogP contribution in [0.1, 0.15) is 19.5 Å². The van der Waals surface area contributed by atoms with E-state index >= 15 is 0 Å². The SMILES string of the molecule is CC[n+]1c(C=CC=CN(C(C)=O)c2ccccc2)ccc2ccccc21.[I-]. The van der Waals surface area contributed by atoms with Gasteiger partial charge in [0, 0.05) is 42.4 Å². The summed E-state index contributed by atoms with van der Waals surface area (Å²) in [5, 5.41) is 1.23. The maximum atomic E-state index is 11.9. The molecule has 0 fully saturated rings. The summed E-state index contributed by atoms with van der Waals surface area (Å²) < 4.78 is 2.28. The van der Waals surface area contributed by atoms with Gasteiger partial charge < -0.3 is 24.0 Å². The van der Waals surface area contributed by atoms with E-state index in [1.54, 1.807) is 18.0 Å². The number of fused-ring (bicyclic) bond motifs is 1. The Labute approximate surface area is 177 Å². The smallest absolute Gasteiger partial charge is 0.227 e. The largest absolute Gasteiger partial charge is 1.00 e. The fourth-order valence-electron chi connectivity index (χ4n) is 3.03. The summed E-state index contributed by atoms with van der Waals surface area (Å²) in [4.78, 5) is 13.5. The van der Waals surface area contributed by atoms with E-state index in [-0.39, 0.29) is 29.9 Å². The van der Waals surface area contributed by atoms with Crippen LogP contribution in [0.25, 0.3) is 17.0 Å². The molecular weight excluding hydrogens is 447 g/mol. The number of halogens is 1. The number of aromatic nitrogens is 1. The van der Waals surface area contributed by atoms with Gasteiger partial charge in [-0.2, -0.15) is 4.57 Å². The highest BCUT2D eigenvalue weighted by Gasteiger charge is 2.11. The van der Waals surface area contributed by atoms with Crippen LogP contribution in [0.3, 0.4) is 0 Å². The molecule has 0 saturated carbocycles. The molecule has 0 spiro atoms. The Morgan fingerprint density at radius 1 is 0.963 bits per heavy atom. The average Bonchev–Trinajstić information content (AvgIpc) is 2.68. The Bertz CT molecular complexity index is 965. The van der Waals surface area contributed by atoms with Gasteiger partial charge in [0.2, 0.25) is 17.1 Å². The van der Waals surface area contributed by atoms with Gasteiger partial charge in [0.05, 0.1) is 0 Å². The van der Waals surface area contributed by atoms with Gasteiger partial charge in [-0.15, -0.1) is 0 Å². The molecule has 2 aromatic carbocycles. The number of hydrogen-bond acceptors (Lipinski definition) is 1. The Morgan fingerprint density at radius 3 is 2.37 bits per heavy atom. The molecule has 0 atom stereocenters. The maximum absolute atomic E-state index is 11.9. The van der Waals surface area contributed by atoms with Crippen molar-refractivity contribution in [2.75, 3.05) is 4.90 Å². The Kier molecular flexibility index (Phi) is 7.73. The normalized spacial score (nSPS) is 11.0. The number of rotatable bonds is 5. The first-order valence-corrected chi connectivity index (χ1v) is 8.82. The van der Waals surface area contributed by atoms with Crippen LogP contribution < -0.4 is 33.4 Å². The minimum absolute atomic E-state index is 0. The summed E-state index contributed by atoms with van der Waals surface area (Å²) in [6, 6.07) is 22.3. The van der Waals surface area contributed by atoms with E-state index in [2.05, 4.69) is 54.0 Å². The fraction of sp³-hybridized carbons (Fsp3) is 0.130. The molecule has 0 bridgehead atoms. The fourth-order valence-corrected chi connectivity index (χ4v) is 3.03. The molecule has 138 valence electrons. The number of para-hydroxylation sites is 2. The molecule has 0 saturated heterocycles. The number of amides is 1. The van der Waals surface area contributed by atoms with Crippen molar-refractivity contribution in [2.24, 2.45) is 0 Å². The molecule has 3 rings (SSSR count). The predicted octanol–water partition coefficient (Wildman–Crippen LogP) is 1.73. The molecule has 0 N–H and O–H groups in total. The van der Waals surface area contributed by atoms with Crippen molar-refractivity contribution in [1.82, 2.24) is 0 Å². The predicted molar refractivity (Wildman–Crippen MR) is 108 cm³/mol. The molecule has 4 heteroatoms. The quantitative estimate of drug-likeness (QED) is 0.317. The van der Waals surface area contributed by atoms with Gasteiger partial charge in [-0.3, -0.25) is 9.69 Å². The van der Waals surface area contributed by atoms with E-state index in [1.165, 1.54) is 10.9 Å². The molecule has 0 aliphatic heterocycles. The lowest BCUT2D eigenvalue weighted by Gasteiger charge is -2.15. The van der Waals surface area contributed by atoms with Crippen LogP contribution in [0.4, 0.5) is 5.69 Å². The van der Waals surface area contributed by atoms with Crippen molar-refractivity contribution >= 4 is 28.6 Å². The zero-order chi connectivity index (χ0) is 18.4. The lowest BCUT2D eigenvalue weighted by molar-refractivity contribution is -0.669. The first-order valence-electron chi connectivity index (χ1n) is 8.82. The van der Waals surface area contributed by atoms with Gasteiger partial charge in [-0.25, -0.2) is 0 Å². The highest BCUT2D eigenvalue weighted by molar-refractivity contribution is 5.93. The molecule has 0 radical (unpaired) electrons. The summed E-state index contributed by atoms with van der Waals surface area (Å²) in [5.74, 6) is -0.0184. The van der Waals surface area contributed by atoms with Crippen LogP contribution >= 0.6 is 0 Å². The minimum atomic E-state index is -0.0184. The second-order valence-electron chi connectivity index (χ2n) is 5.99. The van der Waals surface area contributed by atoms with Crippen molar-refractivity contribution in [3.63, 3.8) is 0 Å². The third kappa shape index (κ3) is 5.04. The van der Waals surface area contributed by atoms with Crippen molar-refractivity contribution in [2.45, 2.75) is 20.4 Å². The van der Waals surface area contributed by atoms with Gasteiger partial charge in [0.1, 0.15) is 6.54 Å². The second kappa shape index (κ2) is 10.0. The van der Waals surface area contributed by atoms with Crippen molar-refractivity contribution in [3.8, 4) is 0 Å². The summed E-state index contributed by atoms with van der Waals surface area (Å²) in [5.41, 5.74) is 3.21. The number of carbonyl (C=O) groups excluding carboxylic acids is 1. The molecule has 0 unspecified atom stereocenters. The summed E-state index contributed by atoms with van der Waals surface area (Å²) in [7, 11) is 0. The molecule has 1 heterocycles. The topological polar surface area (TPSA) is 24.2 Å². The molecule has 1 aromatic heterocycles. The highest BCUT2D eigenvalue weighted by atomic mass is 127. The van der Waals surface area contributed by atoms with Crippen LogP contribution in [0.15, 0.2) is 85.1 Å². The molecule has 3 aromatic rings. The van der Waals surface area contributed by atoms with E-state index in [1.807, 2.05) is 42.5 Å². The third-order valence-electron chi connectivity index (χ3n) is 4.28. The van der Waals surface area contributed by atoms with Crippen LogP contribution in [0, 0.1) is 0 Å². The van der Waals surface area contributed by atoms with Crippen LogP contribution in [0.2, 0.25) is 0 Å². The molecule has 3 nitrogen and oxygen atoms in total. The zero-order valence-electron chi connectivity index (χ0n) is 15.5. The number of aryl methyl sites for hydroxylation is 1. The van der Waals surface area contributed by atoms with Crippen LogP contribution in [0.5, 0.6) is 0 Å². The lowest BCUT2D eigenvalue weighted by atomic mass is 10.2. The first-order chi connectivity index (χ1) is 12.7. The molecule has 1 amide bonds.